The number of nitrogens with zero attached hydrogens (tertiary/aromatic N) is 1. The number of hydrogen-bond donors (Lipinski definition) is 0. The van der Waals surface area contributed by atoms with Crippen LogP contribution in [0, 0.1) is 5.92 Å². The highest BCUT2D eigenvalue weighted by Gasteiger charge is 2.36. The Balaban J connectivity index is 2.32. The number of halogens is 3. The molecule has 1 aromatic rings. The summed E-state index contributed by atoms with van der Waals surface area (Å²) in [6, 6.07) is 4.82. The fourth-order valence-corrected chi connectivity index (χ4v) is 3.82. The summed E-state index contributed by atoms with van der Waals surface area (Å²) in [6.45, 7) is 2.64. The first-order valence-corrected chi connectivity index (χ1v) is 7.99. The topological polar surface area (TPSA) is 46.6 Å². The van der Waals surface area contributed by atoms with Gasteiger partial charge >= 0.3 is 6.36 Å². The normalized spacial score (nSPS) is 18.7. The summed E-state index contributed by atoms with van der Waals surface area (Å²) < 4.78 is 67.1. The van der Waals surface area contributed by atoms with E-state index in [4.69, 9.17) is 0 Å². The van der Waals surface area contributed by atoms with Crippen molar-refractivity contribution in [1.82, 2.24) is 4.31 Å². The maximum atomic E-state index is 12.5. The lowest BCUT2D eigenvalue weighted by molar-refractivity contribution is -0.275. The molecule has 1 heterocycles. The number of sulfonamides is 1. The first-order chi connectivity index (χ1) is 9.70. The molecule has 1 fully saturated rings. The van der Waals surface area contributed by atoms with E-state index in [0.29, 0.717) is 31.8 Å². The molecular weight excluding hydrogens is 307 g/mol. The molecule has 0 unspecified atom stereocenters. The average Bonchev–Trinajstić information content (AvgIpc) is 2.37. The van der Waals surface area contributed by atoms with Crippen molar-refractivity contribution in [2.45, 2.75) is 31.0 Å². The largest absolute Gasteiger partial charge is 0.573 e. The van der Waals surface area contributed by atoms with Crippen LogP contribution in [-0.2, 0) is 10.0 Å². The second kappa shape index (κ2) is 5.84. The van der Waals surface area contributed by atoms with Crippen molar-refractivity contribution in [3.05, 3.63) is 24.3 Å². The van der Waals surface area contributed by atoms with E-state index in [2.05, 4.69) is 4.74 Å². The van der Waals surface area contributed by atoms with E-state index >= 15 is 0 Å². The van der Waals surface area contributed by atoms with Crippen molar-refractivity contribution in [1.29, 1.82) is 0 Å². The van der Waals surface area contributed by atoms with Crippen molar-refractivity contribution in [2.24, 2.45) is 5.92 Å². The first-order valence-electron chi connectivity index (χ1n) is 6.55. The van der Waals surface area contributed by atoms with Crippen LogP contribution >= 0.6 is 0 Å². The molecule has 4 nitrogen and oxygen atoms in total. The van der Waals surface area contributed by atoms with Crippen molar-refractivity contribution in [3.8, 4) is 5.75 Å². The molecule has 8 heteroatoms. The van der Waals surface area contributed by atoms with Gasteiger partial charge in [-0.15, -0.1) is 13.2 Å². The van der Waals surface area contributed by atoms with Gasteiger partial charge in [0.15, 0.2) is 0 Å². The summed E-state index contributed by atoms with van der Waals surface area (Å²) in [5, 5.41) is 0. The molecule has 0 aliphatic carbocycles. The van der Waals surface area contributed by atoms with E-state index in [1.807, 2.05) is 6.92 Å². The van der Waals surface area contributed by atoms with E-state index in [9.17, 15) is 21.6 Å². The zero-order valence-corrected chi connectivity index (χ0v) is 12.2. The molecule has 1 aliphatic heterocycles. The summed E-state index contributed by atoms with van der Waals surface area (Å²) in [6.07, 6.45) is -3.54. The first kappa shape index (κ1) is 16.1. The minimum atomic E-state index is -4.93. The summed E-state index contributed by atoms with van der Waals surface area (Å²) >= 11 is 0. The molecular formula is C13H16F3NO3S. The second-order valence-corrected chi connectivity index (χ2v) is 6.99. The number of ether oxygens (including phenoxy) is 1. The van der Waals surface area contributed by atoms with Gasteiger partial charge in [-0.25, -0.2) is 8.42 Å². The van der Waals surface area contributed by atoms with Gasteiger partial charge in [0.25, 0.3) is 0 Å². The molecule has 0 N–H and O–H groups in total. The highest BCUT2D eigenvalue weighted by atomic mass is 32.2. The van der Waals surface area contributed by atoms with Crippen LogP contribution in [0.1, 0.15) is 19.8 Å². The molecule has 0 atom stereocenters. The SMILES string of the molecule is CC1CCN(S(=O)(=O)c2ccccc2OC(F)(F)F)CC1. The molecule has 0 bridgehead atoms. The zero-order chi connectivity index (χ0) is 15.7. The maximum Gasteiger partial charge on any atom is 0.573 e. The highest BCUT2D eigenvalue weighted by molar-refractivity contribution is 7.89. The zero-order valence-electron chi connectivity index (χ0n) is 11.4. The number of hydrogen-bond acceptors (Lipinski definition) is 3. The van der Waals surface area contributed by atoms with Crippen LogP contribution in [0.5, 0.6) is 5.75 Å². The molecule has 1 saturated heterocycles. The second-order valence-electron chi connectivity index (χ2n) is 5.08. The molecule has 0 aromatic heterocycles. The van der Waals surface area contributed by atoms with E-state index in [0.717, 1.165) is 12.1 Å². The van der Waals surface area contributed by atoms with E-state index < -0.39 is 27.0 Å². The third kappa shape index (κ3) is 3.88. The third-order valence-electron chi connectivity index (χ3n) is 3.44. The number of rotatable bonds is 3. The van der Waals surface area contributed by atoms with Gasteiger partial charge in [0, 0.05) is 13.1 Å². The molecule has 21 heavy (non-hydrogen) atoms. The highest BCUT2D eigenvalue weighted by Crippen LogP contribution is 2.32. The Labute approximate surface area is 121 Å². The van der Waals surface area contributed by atoms with Gasteiger partial charge in [0.05, 0.1) is 0 Å². The van der Waals surface area contributed by atoms with Crippen LogP contribution in [-0.4, -0.2) is 32.2 Å². The molecule has 0 spiro atoms. The van der Waals surface area contributed by atoms with Gasteiger partial charge in [-0.3, -0.25) is 0 Å². The lowest BCUT2D eigenvalue weighted by atomic mass is 10.0. The quantitative estimate of drug-likeness (QED) is 0.859. The summed E-state index contributed by atoms with van der Waals surface area (Å²) in [5.74, 6) is -0.276. The number of piperidine rings is 1. The fourth-order valence-electron chi connectivity index (χ4n) is 2.24. The fraction of sp³-hybridized carbons (Fsp3) is 0.538. The molecule has 1 aliphatic rings. The van der Waals surface area contributed by atoms with Crippen molar-refractivity contribution < 1.29 is 26.3 Å². The predicted octanol–water partition coefficient (Wildman–Crippen LogP) is 3.01. The molecule has 2 rings (SSSR count). The molecule has 0 amide bonds. The molecule has 0 saturated carbocycles. The lowest BCUT2D eigenvalue weighted by Gasteiger charge is -2.29. The van der Waals surface area contributed by atoms with Gasteiger partial charge in [0.1, 0.15) is 10.6 Å². The number of benzene rings is 1. The summed E-state index contributed by atoms with van der Waals surface area (Å²) in [5.41, 5.74) is 0. The maximum absolute atomic E-state index is 12.5. The van der Waals surface area contributed by atoms with Crippen molar-refractivity contribution >= 4 is 10.0 Å². The van der Waals surface area contributed by atoms with Crippen molar-refractivity contribution in [2.75, 3.05) is 13.1 Å². The summed E-state index contributed by atoms with van der Waals surface area (Å²) in [7, 11) is -3.98. The van der Waals surface area contributed by atoms with Crippen LogP contribution in [0.2, 0.25) is 0 Å². The Hall–Kier alpha value is -1.28. The Morgan fingerprint density at radius 1 is 1.19 bits per heavy atom. The van der Waals surface area contributed by atoms with Gasteiger partial charge in [-0.2, -0.15) is 4.31 Å². The van der Waals surface area contributed by atoms with E-state index in [-0.39, 0.29) is 0 Å². The average molecular weight is 323 g/mol. The van der Waals surface area contributed by atoms with Crippen LogP contribution in [0.25, 0.3) is 0 Å². The molecule has 0 radical (unpaired) electrons. The number of para-hydroxylation sites is 1. The monoisotopic (exact) mass is 323 g/mol. The van der Waals surface area contributed by atoms with E-state index in [1.165, 1.54) is 16.4 Å². The van der Waals surface area contributed by atoms with Gasteiger partial charge in [0.2, 0.25) is 10.0 Å². The smallest absolute Gasteiger partial charge is 0.404 e. The van der Waals surface area contributed by atoms with Crippen LogP contribution in [0.3, 0.4) is 0 Å². The minimum absolute atomic E-state index is 0.309. The van der Waals surface area contributed by atoms with Crippen molar-refractivity contribution in [3.63, 3.8) is 0 Å². The minimum Gasteiger partial charge on any atom is -0.404 e. The molecule has 118 valence electrons. The number of alkyl halides is 3. The molecule has 1 aromatic carbocycles. The van der Waals surface area contributed by atoms with Gasteiger partial charge < -0.3 is 4.74 Å². The Kier molecular flexibility index (Phi) is 4.48. The van der Waals surface area contributed by atoms with Crippen LogP contribution < -0.4 is 4.74 Å². The Bertz CT molecular complexity index is 593. The third-order valence-corrected chi connectivity index (χ3v) is 5.37. The Morgan fingerprint density at radius 2 is 1.76 bits per heavy atom. The lowest BCUT2D eigenvalue weighted by Crippen LogP contribution is -2.38. The summed E-state index contributed by atoms with van der Waals surface area (Å²) in [4.78, 5) is -0.447. The van der Waals surface area contributed by atoms with E-state index in [1.54, 1.807) is 0 Å². The van der Waals surface area contributed by atoms with Gasteiger partial charge in [-0.1, -0.05) is 19.1 Å². The Morgan fingerprint density at radius 3 is 2.33 bits per heavy atom. The standard InChI is InChI=1S/C13H16F3NO3S/c1-10-6-8-17(9-7-10)21(18,19)12-5-3-2-4-11(12)20-13(14,15)16/h2-5,10H,6-9H2,1H3. The van der Waals surface area contributed by atoms with Crippen LogP contribution in [0.4, 0.5) is 13.2 Å². The van der Waals surface area contributed by atoms with Gasteiger partial charge in [-0.05, 0) is 30.9 Å². The van der Waals surface area contributed by atoms with Crippen LogP contribution in [0.15, 0.2) is 29.2 Å². The predicted molar refractivity (Wildman–Crippen MR) is 70.3 cm³/mol.